The van der Waals surface area contributed by atoms with E-state index in [2.05, 4.69) is 38.2 Å². The topological polar surface area (TPSA) is 79.2 Å². The number of anilines is 1. The summed E-state index contributed by atoms with van der Waals surface area (Å²) in [6.07, 6.45) is 0.496. The first-order valence-electron chi connectivity index (χ1n) is 10.6. The molecule has 1 aromatic heterocycles. The fraction of sp³-hybridized carbons (Fsp3) is 0.346. The van der Waals surface area contributed by atoms with Crippen LogP contribution < -0.4 is 24.3 Å². The van der Waals surface area contributed by atoms with Gasteiger partial charge in [-0.3, -0.25) is 4.79 Å². The monoisotopic (exact) mass is 453 g/mol. The summed E-state index contributed by atoms with van der Waals surface area (Å²) in [4.78, 5) is 12.9. The summed E-state index contributed by atoms with van der Waals surface area (Å²) >= 11 is 0. The molecule has 0 aliphatic rings. The predicted octanol–water partition coefficient (Wildman–Crippen LogP) is 5.45. The Labute approximate surface area is 194 Å². The molecule has 0 spiro atoms. The van der Waals surface area contributed by atoms with Crippen molar-refractivity contribution in [2.24, 2.45) is 0 Å². The Morgan fingerprint density at radius 1 is 0.848 bits per heavy atom. The summed E-state index contributed by atoms with van der Waals surface area (Å²) in [5, 5.41) is 2.81. The molecular weight excluding hydrogens is 422 g/mol. The maximum atomic E-state index is 12.9. The number of benzene rings is 2. The molecule has 2 aromatic carbocycles. The zero-order valence-electron chi connectivity index (χ0n) is 20.2. The Morgan fingerprint density at radius 2 is 1.48 bits per heavy atom. The molecule has 0 aliphatic heterocycles. The molecule has 0 unspecified atom stereocenters. The average Bonchev–Trinajstić information content (AvgIpc) is 3.27. The van der Waals surface area contributed by atoms with Gasteiger partial charge in [0.1, 0.15) is 34.4 Å². The van der Waals surface area contributed by atoms with Crippen LogP contribution in [0.5, 0.6) is 23.0 Å². The third kappa shape index (κ3) is 5.42. The fourth-order valence-electron chi connectivity index (χ4n) is 3.47. The molecule has 0 atom stereocenters. The quantitative estimate of drug-likeness (QED) is 0.488. The highest BCUT2D eigenvalue weighted by Crippen LogP contribution is 2.39. The van der Waals surface area contributed by atoms with Crippen molar-refractivity contribution >= 4 is 11.6 Å². The van der Waals surface area contributed by atoms with E-state index in [0.29, 0.717) is 35.1 Å². The van der Waals surface area contributed by atoms with E-state index in [1.54, 1.807) is 38.5 Å². The van der Waals surface area contributed by atoms with E-state index in [4.69, 9.17) is 23.4 Å². The van der Waals surface area contributed by atoms with Gasteiger partial charge >= 0.3 is 0 Å². The van der Waals surface area contributed by atoms with Gasteiger partial charge in [-0.2, -0.15) is 0 Å². The van der Waals surface area contributed by atoms with Gasteiger partial charge in [-0.25, -0.2) is 0 Å². The standard InChI is InChI=1S/C26H31NO6/c1-26(2,3)17-8-10-20(30-5)16(12-17)13-18-9-11-21(33-18)25(28)27-24-22(31-6)14-19(29-4)15-23(24)32-7/h8-12,14-15H,13H2,1-7H3,(H,27,28). The van der Waals surface area contributed by atoms with Crippen molar-refractivity contribution in [1.29, 1.82) is 0 Å². The van der Waals surface area contributed by atoms with Crippen LogP contribution in [0.25, 0.3) is 0 Å². The van der Waals surface area contributed by atoms with Gasteiger partial charge in [0.2, 0.25) is 0 Å². The van der Waals surface area contributed by atoms with Gasteiger partial charge in [-0.1, -0.05) is 32.9 Å². The number of ether oxygens (including phenoxy) is 4. The second-order valence-corrected chi connectivity index (χ2v) is 8.58. The van der Waals surface area contributed by atoms with Gasteiger partial charge in [-0.05, 0) is 29.2 Å². The van der Waals surface area contributed by atoms with Crippen LogP contribution in [-0.2, 0) is 11.8 Å². The summed E-state index contributed by atoms with van der Waals surface area (Å²) < 4.78 is 27.4. The lowest BCUT2D eigenvalue weighted by molar-refractivity contribution is 0.0994. The van der Waals surface area contributed by atoms with Gasteiger partial charge in [0.05, 0.1) is 28.4 Å². The predicted molar refractivity (Wildman–Crippen MR) is 127 cm³/mol. The van der Waals surface area contributed by atoms with Gasteiger partial charge in [0.25, 0.3) is 5.91 Å². The van der Waals surface area contributed by atoms with Crippen LogP contribution in [0.4, 0.5) is 5.69 Å². The second kappa shape index (κ2) is 9.90. The molecule has 1 amide bonds. The van der Waals surface area contributed by atoms with E-state index in [1.165, 1.54) is 19.8 Å². The Bertz CT molecular complexity index is 1100. The average molecular weight is 454 g/mol. The minimum Gasteiger partial charge on any atom is -0.496 e. The van der Waals surface area contributed by atoms with Crippen LogP contribution in [0.15, 0.2) is 46.9 Å². The highest BCUT2D eigenvalue weighted by atomic mass is 16.5. The summed E-state index contributed by atoms with van der Waals surface area (Å²) in [5.41, 5.74) is 2.58. The largest absolute Gasteiger partial charge is 0.496 e. The smallest absolute Gasteiger partial charge is 0.291 e. The molecule has 7 heteroatoms. The summed E-state index contributed by atoms with van der Waals surface area (Å²) in [5.74, 6) is 2.56. The first-order valence-corrected chi connectivity index (χ1v) is 10.6. The molecule has 0 bridgehead atoms. The molecule has 3 rings (SSSR count). The molecule has 1 N–H and O–H groups in total. The first kappa shape index (κ1) is 24.0. The molecule has 7 nitrogen and oxygen atoms in total. The number of rotatable bonds is 8. The number of carbonyl (C=O) groups is 1. The highest BCUT2D eigenvalue weighted by Gasteiger charge is 2.20. The molecule has 33 heavy (non-hydrogen) atoms. The molecule has 0 saturated carbocycles. The van der Waals surface area contributed by atoms with Gasteiger partial charge < -0.3 is 28.7 Å². The molecule has 0 saturated heterocycles. The van der Waals surface area contributed by atoms with Crippen molar-refractivity contribution in [2.75, 3.05) is 33.8 Å². The van der Waals surface area contributed by atoms with E-state index in [-0.39, 0.29) is 11.2 Å². The number of amides is 1. The van der Waals surface area contributed by atoms with Crippen LogP contribution in [-0.4, -0.2) is 34.3 Å². The number of hydrogen-bond donors (Lipinski definition) is 1. The highest BCUT2D eigenvalue weighted by molar-refractivity contribution is 6.04. The number of carbonyl (C=O) groups excluding carboxylic acids is 1. The van der Waals surface area contributed by atoms with Crippen LogP contribution >= 0.6 is 0 Å². The first-order chi connectivity index (χ1) is 15.7. The SMILES string of the molecule is COc1cc(OC)c(NC(=O)c2ccc(Cc3cc(C(C)(C)C)ccc3OC)o2)c(OC)c1. The van der Waals surface area contributed by atoms with E-state index in [9.17, 15) is 4.79 Å². The Kier molecular flexibility index (Phi) is 7.21. The van der Waals surface area contributed by atoms with Crippen LogP contribution in [0.2, 0.25) is 0 Å². The molecule has 0 radical (unpaired) electrons. The van der Waals surface area contributed by atoms with Gasteiger partial charge in [0, 0.05) is 24.1 Å². The minimum atomic E-state index is -0.418. The molecule has 1 heterocycles. The van der Waals surface area contributed by atoms with Crippen molar-refractivity contribution in [3.8, 4) is 23.0 Å². The van der Waals surface area contributed by atoms with E-state index in [0.717, 1.165) is 11.3 Å². The number of methoxy groups -OCH3 is 4. The van der Waals surface area contributed by atoms with E-state index >= 15 is 0 Å². The van der Waals surface area contributed by atoms with Crippen LogP contribution in [0.3, 0.4) is 0 Å². The zero-order chi connectivity index (χ0) is 24.2. The second-order valence-electron chi connectivity index (χ2n) is 8.58. The van der Waals surface area contributed by atoms with Crippen molar-refractivity contribution < 1.29 is 28.2 Å². The van der Waals surface area contributed by atoms with E-state index in [1.807, 2.05) is 6.07 Å². The van der Waals surface area contributed by atoms with Crippen molar-refractivity contribution in [3.63, 3.8) is 0 Å². The van der Waals surface area contributed by atoms with Crippen molar-refractivity contribution in [2.45, 2.75) is 32.6 Å². The van der Waals surface area contributed by atoms with Crippen molar-refractivity contribution in [3.05, 3.63) is 65.1 Å². The number of furan rings is 1. The lowest BCUT2D eigenvalue weighted by Crippen LogP contribution is -2.13. The maximum absolute atomic E-state index is 12.9. The molecular formula is C26H31NO6. The third-order valence-electron chi connectivity index (χ3n) is 5.35. The summed E-state index contributed by atoms with van der Waals surface area (Å²) in [6.45, 7) is 6.49. The number of hydrogen-bond acceptors (Lipinski definition) is 6. The molecule has 176 valence electrons. The molecule has 3 aromatic rings. The van der Waals surface area contributed by atoms with Crippen LogP contribution in [0.1, 0.15) is 48.2 Å². The Hall–Kier alpha value is -3.61. The van der Waals surface area contributed by atoms with Crippen molar-refractivity contribution in [1.82, 2.24) is 0 Å². The van der Waals surface area contributed by atoms with Gasteiger partial charge in [-0.15, -0.1) is 0 Å². The minimum absolute atomic E-state index is 0.00566. The maximum Gasteiger partial charge on any atom is 0.291 e. The number of nitrogens with one attached hydrogen (secondary N) is 1. The Balaban J connectivity index is 1.84. The third-order valence-corrected chi connectivity index (χ3v) is 5.35. The summed E-state index contributed by atoms with van der Waals surface area (Å²) in [7, 11) is 6.21. The lowest BCUT2D eigenvalue weighted by Gasteiger charge is -2.21. The lowest BCUT2D eigenvalue weighted by atomic mass is 9.85. The van der Waals surface area contributed by atoms with Crippen LogP contribution in [0, 0.1) is 0 Å². The molecule has 0 aliphatic carbocycles. The van der Waals surface area contributed by atoms with Gasteiger partial charge in [0.15, 0.2) is 5.76 Å². The fourth-order valence-corrected chi connectivity index (χ4v) is 3.47. The summed E-state index contributed by atoms with van der Waals surface area (Å²) in [6, 6.07) is 12.9. The normalized spacial score (nSPS) is 11.1. The zero-order valence-corrected chi connectivity index (χ0v) is 20.2. The van der Waals surface area contributed by atoms with E-state index < -0.39 is 5.91 Å². The molecule has 0 fully saturated rings. The Morgan fingerprint density at radius 3 is 2.03 bits per heavy atom.